The Labute approximate surface area is 93.4 Å². The molecule has 1 saturated heterocycles. The van der Waals surface area contributed by atoms with Crippen molar-refractivity contribution in [2.45, 2.75) is 18.9 Å². The Kier molecular flexibility index (Phi) is 3.12. The molecule has 1 aromatic heterocycles. The molecule has 0 saturated carbocycles. The fourth-order valence-corrected chi connectivity index (χ4v) is 2.11. The molecule has 86 valence electrons. The van der Waals surface area contributed by atoms with Crippen LogP contribution in [0, 0.1) is 10.1 Å². The van der Waals surface area contributed by atoms with Crippen molar-refractivity contribution in [2.75, 3.05) is 13.6 Å². The lowest BCUT2D eigenvalue weighted by molar-refractivity contribution is -0.385. The van der Waals surface area contributed by atoms with Gasteiger partial charge in [0.15, 0.2) is 0 Å². The third-order valence-electron chi connectivity index (χ3n) is 2.88. The molecule has 0 radical (unpaired) electrons. The molecule has 1 fully saturated rings. The largest absolute Gasteiger partial charge is 0.287 e. The second-order valence-electron chi connectivity index (χ2n) is 3.81. The molecule has 1 N–H and O–H groups in total. The van der Waals surface area contributed by atoms with Crippen molar-refractivity contribution in [3.63, 3.8) is 0 Å². The van der Waals surface area contributed by atoms with Crippen LogP contribution >= 0.6 is 0 Å². The number of nitrogens with zero attached hydrogens (tertiary/aromatic N) is 3. The Bertz CT molecular complexity index is 396. The Balaban J connectivity index is 2.26. The zero-order valence-corrected chi connectivity index (χ0v) is 9.09. The summed E-state index contributed by atoms with van der Waals surface area (Å²) >= 11 is 0. The van der Waals surface area contributed by atoms with Gasteiger partial charge in [0.2, 0.25) is 0 Å². The second kappa shape index (κ2) is 4.54. The SMILES string of the molecule is CNN1CCC[C@@H]1c1cncc([N+](=O)[O-])c1. The van der Waals surface area contributed by atoms with Crippen LogP contribution < -0.4 is 5.43 Å². The normalized spacial score (nSPS) is 21.2. The van der Waals surface area contributed by atoms with Gasteiger partial charge in [0.25, 0.3) is 5.69 Å². The van der Waals surface area contributed by atoms with E-state index in [1.54, 1.807) is 12.3 Å². The van der Waals surface area contributed by atoms with E-state index in [1.807, 2.05) is 7.05 Å². The van der Waals surface area contributed by atoms with Crippen LogP contribution in [0.25, 0.3) is 0 Å². The van der Waals surface area contributed by atoms with Crippen molar-refractivity contribution in [3.05, 3.63) is 34.1 Å². The number of nitro groups is 1. The third kappa shape index (κ3) is 2.02. The number of hydrogen-bond acceptors (Lipinski definition) is 5. The van der Waals surface area contributed by atoms with Crippen molar-refractivity contribution in [2.24, 2.45) is 0 Å². The number of aromatic nitrogens is 1. The van der Waals surface area contributed by atoms with Gasteiger partial charge in [-0.1, -0.05) is 0 Å². The minimum absolute atomic E-state index is 0.0560. The fraction of sp³-hybridized carbons (Fsp3) is 0.500. The zero-order chi connectivity index (χ0) is 11.5. The minimum atomic E-state index is -0.408. The Hall–Kier alpha value is -1.53. The molecule has 1 aliphatic heterocycles. The minimum Gasteiger partial charge on any atom is -0.258 e. The van der Waals surface area contributed by atoms with Crippen LogP contribution in [0.15, 0.2) is 18.5 Å². The molecule has 0 unspecified atom stereocenters. The van der Waals surface area contributed by atoms with Gasteiger partial charge in [0.05, 0.1) is 11.0 Å². The first-order valence-electron chi connectivity index (χ1n) is 5.25. The molecule has 6 heteroatoms. The van der Waals surface area contributed by atoms with Crippen LogP contribution in [0.4, 0.5) is 5.69 Å². The van der Waals surface area contributed by atoms with Crippen molar-refractivity contribution in [1.82, 2.24) is 15.4 Å². The van der Waals surface area contributed by atoms with Gasteiger partial charge in [-0.05, 0) is 25.5 Å². The molecule has 16 heavy (non-hydrogen) atoms. The van der Waals surface area contributed by atoms with Crippen LogP contribution in [0.2, 0.25) is 0 Å². The van der Waals surface area contributed by atoms with Crippen molar-refractivity contribution < 1.29 is 4.92 Å². The van der Waals surface area contributed by atoms with Crippen LogP contribution in [0.1, 0.15) is 24.4 Å². The van der Waals surface area contributed by atoms with E-state index in [9.17, 15) is 10.1 Å². The van der Waals surface area contributed by atoms with E-state index in [0.717, 1.165) is 24.9 Å². The Morgan fingerprint density at radius 2 is 2.44 bits per heavy atom. The summed E-state index contributed by atoms with van der Waals surface area (Å²) in [4.78, 5) is 14.2. The van der Waals surface area contributed by atoms with Gasteiger partial charge in [-0.2, -0.15) is 0 Å². The van der Waals surface area contributed by atoms with Gasteiger partial charge >= 0.3 is 0 Å². The first-order chi connectivity index (χ1) is 7.72. The predicted octanol–water partition coefficient (Wildman–Crippen LogP) is 1.26. The van der Waals surface area contributed by atoms with E-state index in [-0.39, 0.29) is 11.7 Å². The van der Waals surface area contributed by atoms with Crippen molar-refractivity contribution in [1.29, 1.82) is 0 Å². The lowest BCUT2D eigenvalue weighted by Crippen LogP contribution is -2.34. The molecule has 1 atom stereocenters. The van der Waals surface area contributed by atoms with Gasteiger partial charge in [-0.25, -0.2) is 5.01 Å². The maximum Gasteiger partial charge on any atom is 0.287 e. The summed E-state index contributed by atoms with van der Waals surface area (Å²) in [6.45, 7) is 0.962. The van der Waals surface area contributed by atoms with E-state index < -0.39 is 4.92 Å². The molecular formula is C10H14N4O2. The Morgan fingerprint density at radius 1 is 1.62 bits per heavy atom. The first-order valence-corrected chi connectivity index (χ1v) is 5.25. The molecular weight excluding hydrogens is 208 g/mol. The summed E-state index contributed by atoms with van der Waals surface area (Å²) < 4.78 is 0. The summed E-state index contributed by atoms with van der Waals surface area (Å²) in [6, 6.07) is 1.80. The van der Waals surface area contributed by atoms with Crippen LogP contribution in [0.3, 0.4) is 0 Å². The van der Waals surface area contributed by atoms with Crippen LogP contribution in [-0.2, 0) is 0 Å². The van der Waals surface area contributed by atoms with Crippen molar-refractivity contribution in [3.8, 4) is 0 Å². The van der Waals surface area contributed by atoms with Gasteiger partial charge in [-0.3, -0.25) is 20.5 Å². The molecule has 2 heterocycles. The maximum absolute atomic E-state index is 10.7. The van der Waals surface area contributed by atoms with Gasteiger partial charge < -0.3 is 0 Å². The highest BCUT2D eigenvalue weighted by Gasteiger charge is 2.26. The standard InChI is InChI=1S/C10H14N4O2/c1-11-13-4-2-3-10(13)8-5-9(14(15)16)7-12-6-8/h5-7,10-11H,2-4H2,1H3/t10-/m1/s1. The fourth-order valence-electron chi connectivity index (χ4n) is 2.11. The Morgan fingerprint density at radius 3 is 3.12 bits per heavy atom. The molecule has 2 rings (SSSR count). The lowest BCUT2D eigenvalue weighted by atomic mass is 10.1. The molecule has 6 nitrogen and oxygen atoms in total. The summed E-state index contributed by atoms with van der Waals surface area (Å²) in [7, 11) is 1.86. The van der Waals surface area contributed by atoms with Crippen molar-refractivity contribution >= 4 is 5.69 Å². The monoisotopic (exact) mass is 222 g/mol. The average Bonchev–Trinajstić information content (AvgIpc) is 2.77. The van der Waals surface area contributed by atoms with Gasteiger partial charge in [0, 0.05) is 18.8 Å². The highest BCUT2D eigenvalue weighted by Crippen LogP contribution is 2.30. The summed E-state index contributed by atoms with van der Waals surface area (Å²) in [5.74, 6) is 0. The highest BCUT2D eigenvalue weighted by molar-refractivity contribution is 5.31. The second-order valence-corrected chi connectivity index (χ2v) is 3.81. The number of rotatable bonds is 3. The molecule has 0 spiro atoms. The van der Waals surface area contributed by atoms with Gasteiger partial charge in [0.1, 0.15) is 6.20 Å². The van der Waals surface area contributed by atoms with E-state index in [2.05, 4.69) is 15.4 Å². The maximum atomic E-state index is 10.7. The van der Waals surface area contributed by atoms with E-state index in [1.165, 1.54) is 6.20 Å². The highest BCUT2D eigenvalue weighted by atomic mass is 16.6. The molecule has 0 aliphatic carbocycles. The summed E-state index contributed by atoms with van der Waals surface area (Å²) in [6.07, 6.45) is 5.08. The number of nitrogens with one attached hydrogen (secondary N) is 1. The number of hydrazine groups is 1. The third-order valence-corrected chi connectivity index (χ3v) is 2.88. The first kappa shape index (κ1) is 11.0. The molecule has 1 aliphatic rings. The van der Waals surface area contributed by atoms with E-state index >= 15 is 0 Å². The van der Waals surface area contributed by atoms with Gasteiger partial charge in [-0.15, -0.1) is 0 Å². The smallest absolute Gasteiger partial charge is 0.258 e. The molecule has 1 aromatic rings. The molecule has 0 bridgehead atoms. The number of pyridine rings is 1. The number of hydrogen-bond donors (Lipinski definition) is 1. The zero-order valence-electron chi connectivity index (χ0n) is 9.09. The topological polar surface area (TPSA) is 71.3 Å². The predicted molar refractivity (Wildman–Crippen MR) is 58.6 cm³/mol. The lowest BCUT2D eigenvalue weighted by Gasteiger charge is -2.22. The summed E-state index contributed by atoms with van der Waals surface area (Å²) in [5, 5.41) is 12.7. The average molecular weight is 222 g/mol. The van der Waals surface area contributed by atoms with Crippen LogP contribution in [0.5, 0.6) is 0 Å². The summed E-state index contributed by atoms with van der Waals surface area (Å²) in [5.41, 5.74) is 4.06. The van der Waals surface area contributed by atoms with E-state index in [0.29, 0.717) is 0 Å². The van der Waals surface area contributed by atoms with Crippen LogP contribution in [-0.4, -0.2) is 28.5 Å². The van der Waals surface area contributed by atoms with E-state index in [4.69, 9.17) is 0 Å². The molecule has 0 aromatic carbocycles. The quantitative estimate of drug-likeness (QED) is 0.615. The molecule has 0 amide bonds.